The molecule has 2 unspecified atom stereocenters. The van der Waals surface area contributed by atoms with Crippen molar-refractivity contribution >= 4 is 24.2 Å². The second-order valence-electron chi connectivity index (χ2n) is 5.89. The molecule has 1 heterocycles. The molecule has 0 aliphatic carbocycles. The van der Waals surface area contributed by atoms with Crippen molar-refractivity contribution in [1.82, 2.24) is 16.0 Å². The van der Waals surface area contributed by atoms with Crippen LogP contribution in [0.25, 0.3) is 0 Å². The molecule has 3 N–H and O–H groups in total. The van der Waals surface area contributed by atoms with Crippen LogP contribution in [0.15, 0.2) is 24.3 Å². The lowest BCUT2D eigenvalue weighted by atomic mass is 9.95. The summed E-state index contributed by atoms with van der Waals surface area (Å²) in [5.41, 5.74) is 1.06. The normalized spacial score (nSPS) is 20.3. The van der Waals surface area contributed by atoms with Gasteiger partial charge in [-0.1, -0.05) is 19.9 Å². The topological polar surface area (TPSA) is 70.2 Å². The monoisotopic (exact) mass is 339 g/mol. The van der Waals surface area contributed by atoms with Crippen molar-refractivity contribution in [2.24, 2.45) is 5.92 Å². The predicted molar refractivity (Wildman–Crippen MR) is 94.2 cm³/mol. The molecule has 5 nitrogen and oxygen atoms in total. The lowest BCUT2D eigenvalue weighted by molar-refractivity contribution is 0.0914. The molecule has 0 spiro atoms. The average molecular weight is 340 g/mol. The molecule has 1 saturated heterocycles. The van der Waals surface area contributed by atoms with Crippen LogP contribution in [0.4, 0.5) is 0 Å². The summed E-state index contributed by atoms with van der Waals surface area (Å²) in [6.07, 6.45) is 1.82. The summed E-state index contributed by atoms with van der Waals surface area (Å²) >= 11 is 0. The molecule has 0 aromatic heterocycles. The maximum atomic E-state index is 12.4. The Morgan fingerprint density at radius 1 is 1.26 bits per heavy atom. The highest BCUT2D eigenvalue weighted by atomic mass is 35.5. The molecule has 128 valence electrons. The zero-order valence-electron chi connectivity index (χ0n) is 13.7. The van der Waals surface area contributed by atoms with E-state index in [1.165, 1.54) is 0 Å². The lowest BCUT2D eigenvalue weighted by Gasteiger charge is -2.30. The van der Waals surface area contributed by atoms with Gasteiger partial charge in [-0.05, 0) is 50.0 Å². The van der Waals surface area contributed by atoms with Gasteiger partial charge in [0.25, 0.3) is 11.8 Å². The third-order valence-electron chi connectivity index (χ3n) is 4.02. The minimum absolute atomic E-state index is 0. The third-order valence-corrected chi connectivity index (χ3v) is 4.02. The van der Waals surface area contributed by atoms with Crippen LogP contribution in [0.5, 0.6) is 0 Å². The molecule has 2 rings (SSSR count). The van der Waals surface area contributed by atoms with Crippen LogP contribution in [-0.4, -0.2) is 37.5 Å². The number of nitrogens with one attached hydrogen (secondary N) is 3. The first kappa shape index (κ1) is 19.5. The van der Waals surface area contributed by atoms with E-state index in [-0.39, 0.29) is 30.3 Å². The van der Waals surface area contributed by atoms with Crippen LogP contribution >= 0.6 is 12.4 Å². The first-order chi connectivity index (χ1) is 10.6. The van der Waals surface area contributed by atoms with Crippen LogP contribution in [0.2, 0.25) is 0 Å². The largest absolute Gasteiger partial charge is 0.352 e. The third kappa shape index (κ3) is 5.52. The second-order valence-corrected chi connectivity index (χ2v) is 5.89. The van der Waals surface area contributed by atoms with Gasteiger partial charge in [0, 0.05) is 23.7 Å². The zero-order valence-corrected chi connectivity index (χ0v) is 14.5. The summed E-state index contributed by atoms with van der Waals surface area (Å²) < 4.78 is 0. The number of benzene rings is 1. The Labute approximate surface area is 144 Å². The maximum Gasteiger partial charge on any atom is 0.251 e. The van der Waals surface area contributed by atoms with Gasteiger partial charge in [-0.2, -0.15) is 0 Å². The van der Waals surface area contributed by atoms with E-state index in [9.17, 15) is 9.59 Å². The Morgan fingerprint density at radius 3 is 2.61 bits per heavy atom. The summed E-state index contributed by atoms with van der Waals surface area (Å²) in [5, 5.41) is 9.22. The van der Waals surface area contributed by atoms with Crippen LogP contribution in [-0.2, 0) is 0 Å². The SMILES string of the molecule is CCCNC(=O)c1cccc(C(=O)NC2CCNCC2C)c1.Cl. The van der Waals surface area contributed by atoms with Crippen LogP contribution in [0.1, 0.15) is 47.4 Å². The Balaban J connectivity index is 0.00000264. The molecular formula is C17H26ClN3O2. The summed E-state index contributed by atoms with van der Waals surface area (Å²) in [4.78, 5) is 24.4. The molecule has 0 bridgehead atoms. The van der Waals surface area contributed by atoms with Gasteiger partial charge in [-0.25, -0.2) is 0 Å². The van der Waals surface area contributed by atoms with E-state index in [0.717, 1.165) is 25.9 Å². The van der Waals surface area contributed by atoms with Crippen molar-refractivity contribution in [3.8, 4) is 0 Å². The molecule has 2 atom stereocenters. The van der Waals surface area contributed by atoms with Gasteiger partial charge in [0.2, 0.25) is 0 Å². The molecular weight excluding hydrogens is 314 g/mol. The molecule has 1 aromatic carbocycles. The van der Waals surface area contributed by atoms with Gasteiger partial charge in [-0.15, -0.1) is 12.4 Å². The highest BCUT2D eigenvalue weighted by molar-refractivity contribution is 5.99. The Hall–Kier alpha value is -1.59. The van der Waals surface area contributed by atoms with Crippen molar-refractivity contribution in [3.05, 3.63) is 35.4 Å². The van der Waals surface area contributed by atoms with Crippen molar-refractivity contribution in [2.45, 2.75) is 32.7 Å². The van der Waals surface area contributed by atoms with Gasteiger partial charge in [0.1, 0.15) is 0 Å². The van der Waals surface area contributed by atoms with Crippen molar-refractivity contribution < 1.29 is 9.59 Å². The lowest BCUT2D eigenvalue weighted by Crippen LogP contribution is -2.48. The summed E-state index contributed by atoms with van der Waals surface area (Å²) in [7, 11) is 0. The van der Waals surface area contributed by atoms with E-state index < -0.39 is 0 Å². The smallest absolute Gasteiger partial charge is 0.251 e. The maximum absolute atomic E-state index is 12.4. The van der Waals surface area contributed by atoms with E-state index in [4.69, 9.17) is 0 Å². The summed E-state index contributed by atoms with van der Waals surface area (Å²) in [6.45, 7) is 6.62. The molecule has 1 aliphatic rings. The number of carbonyl (C=O) groups excluding carboxylic acids is 2. The van der Waals surface area contributed by atoms with Gasteiger partial charge >= 0.3 is 0 Å². The zero-order chi connectivity index (χ0) is 15.9. The summed E-state index contributed by atoms with van der Waals surface area (Å²) in [5.74, 6) is 0.171. The standard InChI is InChI=1S/C17H25N3O2.ClH/c1-3-8-19-16(21)13-5-4-6-14(10-13)17(22)20-15-7-9-18-11-12(15)2;/h4-6,10,12,15,18H,3,7-9,11H2,1-2H3,(H,19,21)(H,20,22);1H. The van der Waals surface area contributed by atoms with Crippen LogP contribution in [0, 0.1) is 5.92 Å². The molecule has 1 aliphatic heterocycles. The minimum Gasteiger partial charge on any atom is -0.352 e. The fourth-order valence-electron chi connectivity index (χ4n) is 2.62. The molecule has 1 aromatic rings. The molecule has 1 fully saturated rings. The van der Waals surface area contributed by atoms with Crippen LogP contribution < -0.4 is 16.0 Å². The number of amides is 2. The van der Waals surface area contributed by atoms with Crippen molar-refractivity contribution in [3.63, 3.8) is 0 Å². The molecule has 0 saturated carbocycles. The second kappa shape index (κ2) is 9.53. The van der Waals surface area contributed by atoms with Gasteiger partial charge in [0.05, 0.1) is 0 Å². The number of hydrogen-bond donors (Lipinski definition) is 3. The Kier molecular flexibility index (Phi) is 8.06. The summed E-state index contributed by atoms with van der Waals surface area (Å²) in [6, 6.07) is 7.08. The van der Waals surface area contributed by atoms with E-state index in [2.05, 4.69) is 22.9 Å². The molecule has 6 heteroatoms. The first-order valence-electron chi connectivity index (χ1n) is 8.01. The average Bonchev–Trinajstić information content (AvgIpc) is 2.54. The molecule has 0 radical (unpaired) electrons. The number of halogens is 1. The fraction of sp³-hybridized carbons (Fsp3) is 0.529. The predicted octanol–water partition coefficient (Wildman–Crippen LogP) is 1.98. The fourth-order valence-corrected chi connectivity index (χ4v) is 2.62. The quantitative estimate of drug-likeness (QED) is 0.768. The van der Waals surface area contributed by atoms with E-state index in [1.807, 2.05) is 6.92 Å². The number of piperidine rings is 1. The van der Waals surface area contributed by atoms with Crippen molar-refractivity contribution in [1.29, 1.82) is 0 Å². The van der Waals surface area contributed by atoms with Gasteiger partial charge < -0.3 is 16.0 Å². The highest BCUT2D eigenvalue weighted by Crippen LogP contribution is 2.12. The van der Waals surface area contributed by atoms with Crippen LogP contribution in [0.3, 0.4) is 0 Å². The van der Waals surface area contributed by atoms with Crippen molar-refractivity contribution in [2.75, 3.05) is 19.6 Å². The van der Waals surface area contributed by atoms with E-state index in [1.54, 1.807) is 24.3 Å². The van der Waals surface area contributed by atoms with E-state index in [0.29, 0.717) is 23.6 Å². The van der Waals surface area contributed by atoms with E-state index >= 15 is 0 Å². The number of hydrogen-bond acceptors (Lipinski definition) is 3. The molecule has 2 amide bonds. The Morgan fingerprint density at radius 2 is 1.96 bits per heavy atom. The minimum atomic E-state index is -0.133. The number of carbonyl (C=O) groups is 2. The number of rotatable bonds is 5. The molecule has 23 heavy (non-hydrogen) atoms. The highest BCUT2D eigenvalue weighted by Gasteiger charge is 2.23. The first-order valence-corrected chi connectivity index (χ1v) is 8.01. The van der Waals surface area contributed by atoms with Gasteiger partial charge in [0.15, 0.2) is 0 Å². The Bertz CT molecular complexity index is 536. The van der Waals surface area contributed by atoms with Gasteiger partial charge in [-0.3, -0.25) is 9.59 Å².